The van der Waals surface area contributed by atoms with Crippen molar-refractivity contribution in [3.63, 3.8) is 0 Å². The maximum atomic E-state index is 13.1. The molecule has 0 saturated heterocycles. The molecule has 0 fully saturated rings. The number of unbranched alkanes of at least 4 members (excludes halogenated alkanes) is 13. The standard InChI is InChI=1S/C23H37FO4S2/c1-2-3-4-5-6-7-8-9-10-11-12-13-14-15-18-29-22-17-16-20(30(24,27)28)19-21(22)23(25)26/h16-17,19H,2-15,18H2,1H3,(H,25,26). The number of carbonyl (C=O) groups is 1. The Balaban J connectivity index is 2.10. The van der Waals surface area contributed by atoms with Gasteiger partial charge in [-0.2, -0.15) is 8.42 Å². The molecular formula is C23H37FO4S2. The molecule has 7 heteroatoms. The van der Waals surface area contributed by atoms with Gasteiger partial charge in [0.2, 0.25) is 0 Å². The molecule has 0 aromatic heterocycles. The zero-order valence-corrected chi connectivity index (χ0v) is 19.8. The summed E-state index contributed by atoms with van der Waals surface area (Å²) in [5.74, 6) is -0.482. The minimum Gasteiger partial charge on any atom is -0.478 e. The van der Waals surface area contributed by atoms with E-state index in [0.717, 1.165) is 30.7 Å². The number of halogens is 1. The average Bonchev–Trinajstić information content (AvgIpc) is 2.70. The maximum absolute atomic E-state index is 13.1. The van der Waals surface area contributed by atoms with E-state index in [4.69, 9.17) is 0 Å². The SMILES string of the molecule is CCCCCCCCCCCCCCCCSc1ccc(S(=O)(=O)F)cc1C(=O)O. The topological polar surface area (TPSA) is 71.4 Å². The number of hydrogen-bond acceptors (Lipinski definition) is 4. The van der Waals surface area contributed by atoms with E-state index in [-0.39, 0.29) is 5.56 Å². The maximum Gasteiger partial charge on any atom is 0.336 e. The quantitative estimate of drug-likeness (QED) is 0.139. The fourth-order valence-electron chi connectivity index (χ4n) is 3.43. The molecule has 0 aliphatic heterocycles. The third-order valence-electron chi connectivity index (χ3n) is 5.22. The Bertz CT molecular complexity index is 720. The first-order valence-electron chi connectivity index (χ1n) is 11.3. The van der Waals surface area contributed by atoms with Crippen LogP contribution in [-0.2, 0) is 10.2 Å². The first-order valence-corrected chi connectivity index (χ1v) is 13.7. The van der Waals surface area contributed by atoms with E-state index in [1.165, 1.54) is 94.9 Å². The van der Waals surface area contributed by atoms with Crippen molar-refractivity contribution in [3.8, 4) is 0 Å². The summed E-state index contributed by atoms with van der Waals surface area (Å²) in [7, 11) is -4.90. The van der Waals surface area contributed by atoms with E-state index in [9.17, 15) is 22.2 Å². The molecule has 1 aromatic rings. The van der Waals surface area contributed by atoms with Crippen molar-refractivity contribution in [1.29, 1.82) is 0 Å². The third kappa shape index (κ3) is 11.9. The summed E-state index contributed by atoms with van der Waals surface area (Å²) >= 11 is 1.38. The Morgan fingerprint density at radius 1 is 0.867 bits per heavy atom. The first kappa shape index (κ1) is 27.0. The summed E-state index contributed by atoms with van der Waals surface area (Å²) in [6, 6.07) is 3.39. The van der Waals surface area contributed by atoms with E-state index in [2.05, 4.69) is 6.92 Å². The van der Waals surface area contributed by atoms with Crippen molar-refractivity contribution in [2.24, 2.45) is 0 Å². The number of carboxylic acids is 1. The lowest BCUT2D eigenvalue weighted by atomic mass is 10.0. The number of hydrogen-bond donors (Lipinski definition) is 1. The van der Waals surface area contributed by atoms with Crippen molar-refractivity contribution in [2.45, 2.75) is 107 Å². The number of aromatic carboxylic acids is 1. The van der Waals surface area contributed by atoms with Crippen LogP contribution in [0.1, 0.15) is 107 Å². The van der Waals surface area contributed by atoms with Gasteiger partial charge in [-0.15, -0.1) is 15.6 Å². The average molecular weight is 461 g/mol. The fourth-order valence-corrected chi connectivity index (χ4v) is 4.96. The highest BCUT2D eigenvalue weighted by Gasteiger charge is 2.18. The van der Waals surface area contributed by atoms with E-state index >= 15 is 0 Å². The Morgan fingerprint density at radius 3 is 1.77 bits per heavy atom. The molecular weight excluding hydrogens is 423 g/mol. The number of carboxylic acid groups (broad SMARTS) is 1. The predicted molar refractivity (Wildman–Crippen MR) is 123 cm³/mol. The van der Waals surface area contributed by atoms with Crippen LogP contribution in [0.4, 0.5) is 3.89 Å². The summed E-state index contributed by atoms with van der Waals surface area (Å²) in [4.78, 5) is 11.2. The second kappa shape index (κ2) is 15.7. The summed E-state index contributed by atoms with van der Waals surface area (Å²) in [6.07, 6.45) is 18.0. The van der Waals surface area contributed by atoms with Crippen molar-refractivity contribution >= 4 is 28.0 Å². The highest BCUT2D eigenvalue weighted by atomic mass is 32.3. The van der Waals surface area contributed by atoms with Crippen molar-refractivity contribution in [1.82, 2.24) is 0 Å². The van der Waals surface area contributed by atoms with Gasteiger partial charge in [-0.05, 0) is 30.4 Å². The lowest BCUT2D eigenvalue weighted by Gasteiger charge is -2.07. The molecule has 0 heterocycles. The molecule has 172 valence electrons. The van der Waals surface area contributed by atoms with Gasteiger partial charge in [-0.1, -0.05) is 90.4 Å². The third-order valence-corrected chi connectivity index (χ3v) is 7.20. The van der Waals surface area contributed by atoms with Gasteiger partial charge in [0.25, 0.3) is 0 Å². The van der Waals surface area contributed by atoms with Crippen LogP contribution < -0.4 is 0 Å². The van der Waals surface area contributed by atoms with E-state index < -0.39 is 21.1 Å². The van der Waals surface area contributed by atoms with Gasteiger partial charge in [0.05, 0.1) is 10.5 Å². The van der Waals surface area contributed by atoms with Crippen LogP contribution >= 0.6 is 11.8 Å². The molecule has 0 amide bonds. The molecule has 0 bridgehead atoms. The summed E-state index contributed by atoms with van der Waals surface area (Å²) < 4.78 is 35.0. The normalized spacial score (nSPS) is 11.7. The van der Waals surface area contributed by atoms with E-state index in [1.54, 1.807) is 0 Å². The van der Waals surface area contributed by atoms with Gasteiger partial charge in [0.15, 0.2) is 0 Å². The highest BCUT2D eigenvalue weighted by molar-refractivity contribution is 7.99. The molecule has 30 heavy (non-hydrogen) atoms. The molecule has 1 rings (SSSR count). The van der Waals surface area contributed by atoms with Crippen molar-refractivity contribution in [3.05, 3.63) is 23.8 Å². The van der Waals surface area contributed by atoms with Gasteiger partial charge in [-0.25, -0.2) is 4.79 Å². The smallest absolute Gasteiger partial charge is 0.336 e. The van der Waals surface area contributed by atoms with Crippen LogP contribution in [0.2, 0.25) is 0 Å². The first-order chi connectivity index (χ1) is 14.4. The van der Waals surface area contributed by atoms with Crippen LogP contribution in [0.5, 0.6) is 0 Å². The largest absolute Gasteiger partial charge is 0.478 e. The molecule has 1 aromatic carbocycles. The molecule has 0 radical (unpaired) electrons. The summed E-state index contributed by atoms with van der Waals surface area (Å²) in [6.45, 7) is 2.25. The van der Waals surface area contributed by atoms with E-state index in [0.29, 0.717) is 4.90 Å². The fraction of sp³-hybridized carbons (Fsp3) is 0.696. The molecule has 4 nitrogen and oxygen atoms in total. The van der Waals surface area contributed by atoms with Gasteiger partial charge < -0.3 is 5.11 Å². The monoisotopic (exact) mass is 460 g/mol. The molecule has 0 unspecified atom stereocenters. The minimum atomic E-state index is -4.90. The Kier molecular flexibility index (Phi) is 14.1. The van der Waals surface area contributed by atoms with Gasteiger partial charge in [-0.3, -0.25) is 0 Å². The van der Waals surface area contributed by atoms with Gasteiger partial charge in [0, 0.05) is 4.90 Å². The highest BCUT2D eigenvalue weighted by Crippen LogP contribution is 2.27. The van der Waals surface area contributed by atoms with Crippen LogP contribution in [0, 0.1) is 0 Å². The molecule has 0 saturated carbocycles. The van der Waals surface area contributed by atoms with E-state index in [1.807, 2.05) is 0 Å². The second-order valence-electron chi connectivity index (χ2n) is 7.85. The van der Waals surface area contributed by atoms with Gasteiger partial charge >= 0.3 is 16.2 Å². The minimum absolute atomic E-state index is 0.163. The van der Waals surface area contributed by atoms with Crippen molar-refractivity contribution in [2.75, 3.05) is 5.75 Å². The Morgan fingerprint density at radius 2 is 1.33 bits per heavy atom. The molecule has 0 spiro atoms. The van der Waals surface area contributed by atoms with Crippen molar-refractivity contribution < 1.29 is 22.2 Å². The Labute approximate surface area is 186 Å². The Hall–Kier alpha value is -1.08. The zero-order chi connectivity index (χ0) is 22.2. The number of rotatable bonds is 18. The number of thioether (sulfide) groups is 1. The van der Waals surface area contributed by atoms with Gasteiger partial charge in [0.1, 0.15) is 0 Å². The number of benzene rings is 1. The van der Waals surface area contributed by atoms with Crippen LogP contribution in [0.25, 0.3) is 0 Å². The predicted octanol–water partition coefficient (Wildman–Crippen LogP) is 7.62. The second-order valence-corrected chi connectivity index (χ2v) is 10.3. The van der Waals surface area contributed by atoms with Crippen LogP contribution in [-0.4, -0.2) is 25.2 Å². The lowest BCUT2D eigenvalue weighted by Crippen LogP contribution is -2.02. The molecule has 1 N–H and O–H groups in total. The molecule has 0 aliphatic carbocycles. The molecule has 0 aliphatic rings. The summed E-state index contributed by atoms with van der Waals surface area (Å²) in [5, 5.41) is 9.25. The lowest BCUT2D eigenvalue weighted by molar-refractivity contribution is 0.0693. The zero-order valence-electron chi connectivity index (χ0n) is 18.2. The van der Waals surface area contributed by atoms with Crippen LogP contribution in [0.15, 0.2) is 28.0 Å². The molecule has 0 atom stereocenters. The summed E-state index contributed by atoms with van der Waals surface area (Å²) in [5.41, 5.74) is -0.163. The van der Waals surface area contributed by atoms with Crippen LogP contribution in [0.3, 0.4) is 0 Å².